The van der Waals surface area contributed by atoms with Crippen LogP contribution in [-0.4, -0.2) is 57.1 Å². The number of β-amino-alcohol motifs (C(OH)–C–C–N with tert-alkyl or cyclic N) is 1. The number of aryl methyl sites for hydroxylation is 1. The first-order valence-corrected chi connectivity index (χ1v) is 6.78. The second-order valence-corrected chi connectivity index (χ2v) is 5.13. The summed E-state index contributed by atoms with van der Waals surface area (Å²) >= 11 is 0. The van der Waals surface area contributed by atoms with E-state index in [0.717, 1.165) is 18.1 Å². The third-order valence-corrected chi connectivity index (χ3v) is 3.65. The third kappa shape index (κ3) is 3.69. The second kappa shape index (κ2) is 6.09. The van der Waals surface area contributed by atoms with Crippen LogP contribution in [0.1, 0.15) is 37.3 Å². The molecular formula is C12H19F3N4O. The molecule has 1 saturated heterocycles. The topological polar surface area (TPSA) is 65.0 Å². The number of aliphatic hydroxyl groups is 1. The van der Waals surface area contributed by atoms with E-state index in [9.17, 15) is 13.2 Å². The minimum atomic E-state index is -4.55. The molecule has 2 heterocycles. The first-order valence-electron chi connectivity index (χ1n) is 6.78. The van der Waals surface area contributed by atoms with Crippen molar-refractivity contribution in [3.63, 3.8) is 0 Å². The number of piperidine rings is 1. The molecule has 2 N–H and O–H groups in total. The lowest BCUT2D eigenvalue weighted by Gasteiger charge is -2.32. The summed E-state index contributed by atoms with van der Waals surface area (Å²) < 4.78 is 36.9. The molecule has 0 amide bonds. The molecule has 114 valence electrons. The zero-order valence-electron chi connectivity index (χ0n) is 11.3. The summed E-state index contributed by atoms with van der Waals surface area (Å²) in [6.45, 7) is 2.66. The average molecular weight is 292 g/mol. The first-order chi connectivity index (χ1) is 9.40. The normalized spacial score (nSPS) is 20.2. The van der Waals surface area contributed by atoms with Gasteiger partial charge in [0.2, 0.25) is 0 Å². The number of aromatic nitrogens is 3. The molecular weight excluding hydrogens is 273 g/mol. The van der Waals surface area contributed by atoms with Crippen molar-refractivity contribution in [3.05, 3.63) is 11.6 Å². The van der Waals surface area contributed by atoms with Crippen molar-refractivity contribution < 1.29 is 18.3 Å². The largest absolute Gasteiger partial charge is 0.415 e. The Hall–Kier alpha value is -1.15. The molecule has 0 saturated carbocycles. The van der Waals surface area contributed by atoms with Gasteiger partial charge in [0.25, 0.3) is 0 Å². The summed E-state index contributed by atoms with van der Waals surface area (Å²) in [7, 11) is 0. The zero-order chi connectivity index (χ0) is 14.8. The monoisotopic (exact) mass is 292 g/mol. The minimum Gasteiger partial charge on any atom is -0.382 e. The van der Waals surface area contributed by atoms with Gasteiger partial charge >= 0.3 is 6.18 Å². The lowest BCUT2D eigenvalue weighted by atomic mass is 9.96. The number of H-pyrrole nitrogens is 1. The lowest BCUT2D eigenvalue weighted by Crippen LogP contribution is -2.44. The van der Waals surface area contributed by atoms with E-state index in [-0.39, 0.29) is 12.5 Å². The van der Waals surface area contributed by atoms with Gasteiger partial charge in [0.15, 0.2) is 11.9 Å². The summed E-state index contributed by atoms with van der Waals surface area (Å²) in [5.41, 5.74) is 0. The molecule has 0 aromatic carbocycles. The van der Waals surface area contributed by atoms with Crippen molar-refractivity contribution in [2.24, 2.45) is 0 Å². The highest BCUT2D eigenvalue weighted by atomic mass is 19.4. The maximum atomic E-state index is 12.3. The van der Waals surface area contributed by atoms with Crippen LogP contribution in [0.15, 0.2) is 0 Å². The van der Waals surface area contributed by atoms with E-state index in [1.165, 1.54) is 0 Å². The first kappa shape index (κ1) is 15.2. The van der Waals surface area contributed by atoms with Gasteiger partial charge in [0.1, 0.15) is 5.82 Å². The Kier molecular flexibility index (Phi) is 4.64. The number of hydrogen-bond acceptors (Lipinski definition) is 4. The molecule has 1 aliphatic rings. The van der Waals surface area contributed by atoms with Crippen molar-refractivity contribution in [2.45, 2.75) is 44.4 Å². The van der Waals surface area contributed by atoms with E-state index >= 15 is 0 Å². The predicted molar refractivity (Wildman–Crippen MR) is 66.2 cm³/mol. The molecule has 1 fully saturated rings. The molecule has 1 aromatic rings. The Morgan fingerprint density at radius 3 is 2.55 bits per heavy atom. The van der Waals surface area contributed by atoms with Crippen molar-refractivity contribution in [3.8, 4) is 0 Å². The third-order valence-electron chi connectivity index (χ3n) is 3.65. The van der Waals surface area contributed by atoms with Gasteiger partial charge in [0, 0.05) is 18.9 Å². The van der Waals surface area contributed by atoms with E-state index in [4.69, 9.17) is 5.11 Å². The van der Waals surface area contributed by atoms with E-state index in [1.807, 2.05) is 6.92 Å². The Morgan fingerprint density at radius 1 is 1.40 bits per heavy atom. The molecule has 0 unspecified atom stereocenters. The highest BCUT2D eigenvalue weighted by Gasteiger charge is 2.39. The molecule has 1 atom stereocenters. The van der Waals surface area contributed by atoms with Gasteiger partial charge in [-0.1, -0.05) is 6.92 Å². The fraction of sp³-hybridized carbons (Fsp3) is 0.833. The van der Waals surface area contributed by atoms with Crippen molar-refractivity contribution in [1.82, 2.24) is 20.1 Å². The van der Waals surface area contributed by atoms with E-state index in [1.54, 1.807) is 4.90 Å². The quantitative estimate of drug-likeness (QED) is 0.882. The van der Waals surface area contributed by atoms with Gasteiger partial charge < -0.3 is 10.0 Å². The number of nitrogens with one attached hydrogen (secondary N) is 1. The van der Waals surface area contributed by atoms with E-state index in [2.05, 4.69) is 15.2 Å². The van der Waals surface area contributed by atoms with Crippen molar-refractivity contribution in [1.29, 1.82) is 0 Å². The number of nitrogens with zero attached hydrogens (tertiary/aromatic N) is 3. The summed E-state index contributed by atoms with van der Waals surface area (Å²) in [5.74, 6) is 1.76. The van der Waals surface area contributed by atoms with E-state index in [0.29, 0.717) is 25.9 Å². The highest BCUT2D eigenvalue weighted by molar-refractivity contribution is 5.00. The second-order valence-electron chi connectivity index (χ2n) is 5.13. The van der Waals surface area contributed by atoms with E-state index < -0.39 is 12.3 Å². The van der Waals surface area contributed by atoms with Crippen LogP contribution < -0.4 is 0 Å². The molecule has 0 aliphatic carbocycles. The molecule has 8 heteroatoms. The number of halogens is 3. The number of rotatable bonds is 4. The van der Waals surface area contributed by atoms with Gasteiger partial charge in [-0.2, -0.15) is 18.3 Å². The number of aromatic amines is 1. The SMILES string of the molecule is CCc1nc(C2CCN(C[C@@H](O)C(F)(F)F)CC2)n[nH]1. The number of likely N-dealkylation sites (tertiary alicyclic amines) is 1. The molecule has 0 radical (unpaired) electrons. The predicted octanol–water partition coefficient (Wildman–Crippen LogP) is 1.47. The summed E-state index contributed by atoms with van der Waals surface area (Å²) in [6, 6.07) is 0. The molecule has 2 rings (SSSR count). The van der Waals surface area contributed by atoms with Crippen LogP contribution >= 0.6 is 0 Å². The Bertz CT molecular complexity index is 427. The van der Waals surface area contributed by atoms with Crippen LogP contribution in [0, 0.1) is 0 Å². The fourth-order valence-electron chi connectivity index (χ4n) is 2.37. The van der Waals surface area contributed by atoms with Crippen LogP contribution in [0.5, 0.6) is 0 Å². The molecule has 0 bridgehead atoms. The van der Waals surface area contributed by atoms with Crippen molar-refractivity contribution in [2.75, 3.05) is 19.6 Å². The molecule has 20 heavy (non-hydrogen) atoms. The maximum Gasteiger partial charge on any atom is 0.415 e. The number of hydrogen-bond donors (Lipinski definition) is 2. The maximum absolute atomic E-state index is 12.3. The molecule has 1 aliphatic heterocycles. The van der Waals surface area contributed by atoms with Gasteiger partial charge in [-0.05, 0) is 25.9 Å². The highest BCUT2D eigenvalue weighted by Crippen LogP contribution is 2.27. The average Bonchev–Trinajstić information content (AvgIpc) is 2.87. The van der Waals surface area contributed by atoms with Gasteiger partial charge in [-0.3, -0.25) is 5.10 Å². The van der Waals surface area contributed by atoms with Crippen LogP contribution in [0.4, 0.5) is 13.2 Å². The van der Waals surface area contributed by atoms with Crippen LogP contribution in [-0.2, 0) is 6.42 Å². The van der Waals surface area contributed by atoms with Crippen LogP contribution in [0.2, 0.25) is 0 Å². The van der Waals surface area contributed by atoms with Gasteiger partial charge in [-0.25, -0.2) is 4.98 Å². The molecule has 0 spiro atoms. The summed E-state index contributed by atoms with van der Waals surface area (Å²) in [5, 5.41) is 16.1. The van der Waals surface area contributed by atoms with Gasteiger partial charge in [0.05, 0.1) is 0 Å². The zero-order valence-corrected chi connectivity index (χ0v) is 11.3. The van der Waals surface area contributed by atoms with Crippen molar-refractivity contribution >= 4 is 0 Å². The Morgan fingerprint density at radius 2 is 2.05 bits per heavy atom. The fourth-order valence-corrected chi connectivity index (χ4v) is 2.37. The summed E-state index contributed by atoms with van der Waals surface area (Å²) in [6.07, 6.45) is -4.61. The lowest BCUT2D eigenvalue weighted by molar-refractivity contribution is -0.208. The smallest absolute Gasteiger partial charge is 0.382 e. The Balaban J connectivity index is 1.83. The standard InChI is InChI=1S/C12H19F3N4O/c1-2-10-16-11(18-17-10)8-3-5-19(6-4-8)7-9(20)12(13,14)15/h8-9,20H,2-7H2,1H3,(H,16,17,18)/t9-/m1/s1. The summed E-state index contributed by atoms with van der Waals surface area (Å²) in [4.78, 5) is 6.00. The minimum absolute atomic E-state index is 0.186. The van der Waals surface area contributed by atoms with Crippen LogP contribution in [0.25, 0.3) is 0 Å². The molecule has 5 nitrogen and oxygen atoms in total. The van der Waals surface area contributed by atoms with Crippen LogP contribution in [0.3, 0.4) is 0 Å². The van der Waals surface area contributed by atoms with Gasteiger partial charge in [-0.15, -0.1) is 0 Å². The number of alkyl halides is 3. The molecule has 1 aromatic heterocycles. The Labute approximate surface area is 115 Å². The number of aliphatic hydroxyl groups excluding tert-OH is 1.